The van der Waals surface area contributed by atoms with Crippen molar-refractivity contribution in [1.82, 2.24) is 19.8 Å². The Morgan fingerprint density at radius 2 is 2.24 bits per heavy atom. The quantitative estimate of drug-likeness (QED) is 0.802. The van der Waals surface area contributed by atoms with Crippen LogP contribution in [-0.2, 0) is 23.1 Å². The molecule has 2 N–H and O–H groups in total. The largest absolute Gasteiger partial charge is 0.472 e. The maximum absolute atomic E-state index is 12.7. The summed E-state index contributed by atoms with van der Waals surface area (Å²) in [6, 6.07) is 1.74. The number of hydrogen-bond acceptors (Lipinski definition) is 5. The number of sulfonamides is 1. The number of rotatable bonds is 7. The van der Waals surface area contributed by atoms with E-state index in [1.54, 1.807) is 20.0 Å². The molecule has 0 radical (unpaired) electrons. The zero-order valence-electron chi connectivity index (χ0n) is 12.4. The van der Waals surface area contributed by atoms with E-state index in [-0.39, 0.29) is 11.4 Å². The van der Waals surface area contributed by atoms with Gasteiger partial charge in [-0.3, -0.25) is 5.10 Å². The highest BCUT2D eigenvalue weighted by atomic mass is 32.2. The molecule has 0 aromatic carbocycles. The maximum atomic E-state index is 12.7. The van der Waals surface area contributed by atoms with Gasteiger partial charge in [-0.15, -0.1) is 0 Å². The van der Waals surface area contributed by atoms with Crippen molar-refractivity contribution in [2.24, 2.45) is 0 Å². The molecule has 116 valence electrons. The van der Waals surface area contributed by atoms with E-state index in [1.807, 2.05) is 6.92 Å². The summed E-state index contributed by atoms with van der Waals surface area (Å²) in [6.07, 6.45) is 3.06. The number of aryl methyl sites for hydroxylation is 1. The van der Waals surface area contributed by atoms with Gasteiger partial charge in [-0.05, 0) is 19.5 Å². The van der Waals surface area contributed by atoms with Gasteiger partial charge in [0.1, 0.15) is 4.90 Å². The van der Waals surface area contributed by atoms with Gasteiger partial charge in [0, 0.05) is 25.7 Å². The lowest BCUT2D eigenvalue weighted by Crippen LogP contribution is -2.28. The third-order valence-electron chi connectivity index (χ3n) is 3.16. The summed E-state index contributed by atoms with van der Waals surface area (Å²) in [5.41, 5.74) is 1.85. The van der Waals surface area contributed by atoms with Crippen molar-refractivity contribution in [2.75, 3.05) is 13.6 Å². The standard InChI is InChI=1S/C13H20N4O3S/c1-4-14-7-12-13(10(2)15-16-12)21(18,19)17(3)8-11-5-6-20-9-11/h5-6,9,14H,4,7-8H2,1-3H3,(H,15,16). The minimum Gasteiger partial charge on any atom is -0.472 e. The number of nitrogens with zero attached hydrogens (tertiary/aromatic N) is 2. The van der Waals surface area contributed by atoms with Gasteiger partial charge in [-0.25, -0.2) is 8.42 Å². The molecule has 0 bridgehead atoms. The Morgan fingerprint density at radius 3 is 2.86 bits per heavy atom. The van der Waals surface area contributed by atoms with E-state index in [0.717, 1.165) is 12.1 Å². The van der Waals surface area contributed by atoms with Crippen molar-refractivity contribution in [3.05, 3.63) is 35.5 Å². The van der Waals surface area contributed by atoms with Crippen LogP contribution in [0.15, 0.2) is 27.9 Å². The van der Waals surface area contributed by atoms with Gasteiger partial charge in [-0.2, -0.15) is 9.40 Å². The number of H-pyrrole nitrogens is 1. The predicted octanol–water partition coefficient (Wildman–Crippen LogP) is 1.24. The first-order chi connectivity index (χ1) is 9.96. The Hall–Kier alpha value is -1.64. The van der Waals surface area contributed by atoms with Crippen LogP contribution in [0.2, 0.25) is 0 Å². The number of aromatic amines is 1. The molecule has 0 amide bonds. The van der Waals surface area contributed by atoms with Gasteiger partial charge in [0.05, 0.1) is 23.9 Å². The minimum absolute atomic E-state index is 0.245. The highest BCUT2D eigenvalue weighted by Gasteiger charge is 2.28. The summed E-state index contributed by atoms with van der Waals surface area (Å²) in [7, 11) is -2.06. The molecule has 2 aromatic rings. The van der Waals surface area contributed by atoms with Crippen LogP contribution in [0.3, 0.4) is 0 Å². The molecule has 0 saturated heterocycles. The molecule has 0 fully saturated rings. The molecule has 0 atom stereocenters. The topological polar surface area (TPSA) is 91.2 Å². The van der Waals surface area contributed by atoms with Crippen LogP contribution in [0, 0.1) is 6.92 Å². The first-order valence-electron chi connectivity index (χ1n) is 6.68. The Balaban J connectivity index is 2.28. The van der Waals surface area contributed by atoms with Crippen molar-refractivity contribution in [3.8, 4) is 0 Å². The molecule has 2 rings (SSSR count). The van der Waals surface area contributed by atoms with E-state index >= 15 is 0 Å². The molecule has 0 unspecified atom stereocenters. The second kappa shape index (κ2) is 6.42. The van der Waals surface area contributed by atoms with Crippen molar-refractivity contribution < 1.29 is 12.8 Å². The van der Waals surface area contributed by atoms with Gasteiger partial charge in [0.15, 0.2) is 0 Å². The van der Waals surface area contributed by atoms with Gasteiger partial charge in [0.25, 0.3) is 0 Å². The van der Waals surface area contributed by atoms with Crippen LogP contribution in [-0.4, -0.2) is 36.5 Å². The zero-order valence-corrected chi connectivity index (χ0v) is 13.2. The van der Waals surface area contributed by atoms with Crippen molar-refractivity contribution in [2.45, 2.75) is 31.8 Å². The number of aromatic nitrogens is 2. The average Bonchev–Trinajstić information content (AvgIpc) is 3.06. The molecule has 7 nitrogen and oxygen atoms in total. The van der Waals surface area contributed by atoms with Gasteiger partial charge in [-0.1, -0.05) is 6.92 Å². The summed E-state index contributed by atoms with van der Waals surface area (Å²) >= 11 is 0. The molecule has 0 spiro atoms. The summed E-state index contributed by atoms with van der Waals surface area (Å²) in [6.45, 7) is 5.08. The van der Waals surface area contributed by atoms with Crippen molar-refractivity contribution in [1.29, 1.82) is 0 Å². The fourth-order valence-electron chi connectivity index (χ4n) is 2.06. The number of nitrogens with one attached hydrogen (secondary N) is 2. The van der Waals surface area contributed by atoms with Gasteiger partial charge >= 0.3 is 0 Å². The number of furan rings is 1. The van der Waals surface area contributed by atoms with Crippen LogP contribution >= 0.6 is 0 Å². The first-order valence-corrected chi connectivity index (χ1v) is 8.12. The molecular formula is C13H20N4O3S. The Labute approximate surface area is 124 Å². The third kappa shape index (κ3) is 3.34. The lowest BCUT2D eigenvalue weighted by Gasteiger charge is -2.17. The second-order valence-electron chi connectivity index (χ2n) is 4.80. The smallest absolute Gasteiger partial charge is 0.246 e. The SMILES string of the molecule is CCNCc1n[nH]c(C)c1S(=O)(=O)N(C)Cc1ccoc1. The van der Waals surface area contributed by atoms with Crippen molar-refractivity contribution >= 4 is 10.0 Å². The zero-order chi connectivity index (χ0) is 15.5. The highest BCUT2D eigenvalue weighted by molar-refractivity contribution is 7.89. The van der Waals surface area contributed by atoms with E-state index in [4.69, 9.17) is 4.42 Å². The van der Waals surface area contributed by atoms with Crippen LogP contribution < -0.4 is 5.32 Å². The van der Waals surface area contributed by atoms with Gasteiger partial charge < -0.3 is 9.73 Å². The second-order valence-corrected chi connectivity index (χ2v) is 6.78. The molecule has 2 aromatic heterocycles. The molecular weight excluding hydrogens is 292 g/mol. The van der Waals surface area contributed by atoms with Gasteiger partial charge in [0.2, 0.25) is 10.0 Å². The summed E-state index contributed by atoms with van der Waals surface area (Å²) in [4.78, 5) is 0.245. The van der Waals surface area contributed by atoms with E-state index in [2.05, 4.69) is 15.5 Å². The van der Waals surface area contributed by atoms with E-state index < -0.39 is 10.0 Å². The maximum Gasteiger partial charge on any atom is 0.246 e. The highest BCUT2D eigenvalue weighted by Crippen LogP contribution is 2.22. The monoisotopic (exact) mass is 312 g/mol. The lowest BCUT2D eigenvalue weighted by atomic mass is 10.3. The lowest BCUT2D eigenvalue weighted by molar-refractivity contribution is 0.461. The molecule has 2 heterocycles. The summed E-state index contributed by atoms with van der Waals surface area (Å²) in [5.74, 6) is 0. The third-order valence-corrected chi connectivity index (χ3v) is 5.16. The molecule has 21 heavy (non-hydrogen) atoms. The summed E-state index contributed by atoms with van der Waals surface area (Å²) < 4.78 is 31.7. The minimum atomic E-state index is -3.61. The van der Waals surface area contributed by atoms with Crippen LogP contribution in [0.5, 0.6) is 0 Å². The van der Waals surface area contributed by atoms with Crippen LogP contribution in [0.4, 0.5) is 0 Å². The molecule has 0 saturated carbocycles. The molecule has 0 aliphatic rings. The normalized spacial score (nSPS) is 12.2. The Bertz CT molecular complexity index is 676. The Morgan fingerprint density at radius 1 is 1.48 bits per heavy atom. The van der Waals surface area contributed by atoms with E-state index in [0.29, 0.717) is 17.9 Å². The summed E-state index contributed by atoms with van der Waals surface area (Å²) in [5, 5.41) is 9.93. The fraction of sp³-hybridized carbons (Fsp3) is 0.462. The van der Waals surface area contributed by atoms with Crippen LogP contribution in [0.1, 0.15) is 23.9 Å². The predicted molar refractivity (Wildman–Crippen MR) is 78.1 cm³/mol. The first kappa shape index (κ1) is 15.7. The average molecular weight is 312 g/mol. The van der Waals surface area contributed by atoms with Crippen LogP contribution in [0.25, 0.3) is 0 Å². The molecule has 0 aliphatic heterocycles. The van der Waals surface area contributed by atoms with E-state index in [1.165, 1.54) is 16.8 Å². The molecule has 0 aliphatic carbocycles. The number of hydrogen-bond donors (Lipinski definition) is 2. The Kier molecular flexibility index (Phi) is 4.81. The van der Waals surface area contributed by atoms with E-state index in [9.17, 15) is 8.42 Å². The fourth-order valence-corrected chi connectivity index (χ4v) is 3.53. The van der Waals surface area contributed by atoms with Crippen molar-refractivity contribution in [3.63, 3.8) is 0 Å². The molecule has 8 heteroatoms.